The van der Waals surface area contributed by atoms with Crippen LogP contribution < -0.4 is 10.6 Å². The van der Waals surface area contributed by atoms with Gasteiger partial charge in [0, 0.05) is 5.92 Å². The molecule has 0 saturated carbocycles. The van der Waals surface area contributed by atoms with Gasteiger partial charge in [-0.2, -0.15) is 0 Å². The SMILES string of the molecule is CC(NC(=O)C(C)C(NC(=O)OCC1c2ccccc2-c2ccccc21)c1ccccc1)C(=O)O. The van der Waals surface area contributed by atoms with Gasteiger partial charge in [-0.1, -0.05) is 85.8 Å². The van der Waals surface area contributed by atoms with E-state index in [0.717, 1.165) is 22.3 Å². The van der Waals surface area contributed by atoms with Crippen LogP contribution in [0.3, 0.4) is 0 Å². The largest absolute Gasteiger partial charge is 0.480 e. The minimum Gasteiger partial charge on any atom is -0.480 e. The molecule has 3 N–H and O–H groups in total. The van der Waals surface area contributed by atoms with E-state index in [2.05, 4.69) is 22.8 Å². The number of carbonyl (C=O) groups excluding carboxylic acids is 2. The number of nitrogens with one attached hydrogen (secondary N) is 2. The summed E-state index contributed by atoms with van der Waals surface area (Å²) in [4.78, 5) is 36.8. The quantitative estimate of drug-likeness (QED) is 0.448. The van der Waals surface area contributed by atoms with E-state index in [4.69, 9.17) is 9.84 Å². The molecule has 7 heteroatoms. The molecule has 0 heterocycles. The summed E-state index contributed by atoms with van der Waals surface area (Å²) in [5, 5.41) is 14.4. The average molecular weight is 473 g/mol. The highest BCUT2D eigenvalue weighted by molar-refractivity contribution is 5.85. The normalized spacial score (nSPS) is 14.7. The number of benzene rings is 3. The van der Waals surface area contributed by atoms with E-state index in [1.54, 1.807) is 19.1 Å². The monoisotopic (exact) mass is 472 g/mol. The van der Waals surface area contributed by atoms with Crippen molar-refractivity contribution in [3.05, 3.63) is 95.6 Å². The maximum Gasteiger partial charge on any atom is 0.407 e. The second-order valence-corrected chi connectivity index (χ2v) is 8.72. The zero-order chi connectivity index (χ0) is 24.9. The van der Waals surface area contributed by atoms with E-state index in [0.29, 0.717) is 5.56 Å². The van der Waals surface area contributed by atoms with Crippen LogP contribution in [0.5, 0.6) is 0 Å². The predicted molar refractivity (Wildman–Crippen MR) is 132 cm³/mol. The van der Waals surface area contributed by atoms with Crippen molar-refractivity contribution in [3.63, 3.8) is 0 Å². The third-order valence-electron chi connectivity index (χ3n) is 6.42. The Morgan fingerprint density at radius 2 is 1.37 bits per heavy atom. The first-order valence-electron chi connectivity index (χ1n) is 11.6. The first-order valence-corrected chi connectivity index (χ1v) is 11.6. The van der Waals surface area contributed by atoms with Crippen molar-refractivity contribution in [3.8, 4) is 11.1 Å². The molecule has 35 heavy (non-hydrogen) atoms. The summed E-state index contributed by atoms with van der Waals surface area (Å²) in [5.41, 5.74) is 5.20. The van der Waals surface area contributed by atoms with Gasteiger partial charge < -0.3 is 20.5 Å². The number of hydrogen-bond acceptors (Lipinski definition) is 4. The molecule has 3 aromatic rings. The predicted octanol–water partition coefficient (Wildman–Crippen LogP) is 4.49. The molecule has 0 fully saturated rings. The van der Waals surface area contributed by atoms with Gasteiger partial charge in [0.1, 0.15) is 12.6 Å². The summed E-state index contributed by atoms with van der Waals surface area (Å²) < 4.78 is 5.67. The Labute approximate surface area is 204 Å². The maximum atomic E-state index is 12.9. The molecule has 0 radical (unpaired) electrons. The molecule has 7 nitrogen and oxygen atoms in total. The summed E-state index contributed by atoms with van der Waals surface area (Å²) in [6, 6.07) is 23.5. The van der Waals surface area contributed by atoms with E-state index in [9.17, 15) is 14.4 Å². The second-order valence-electron chi connectivity index (χ2n) is 8.72. The topological polar surface area (TPSA) is 105 Å². The van der Waals surface area contributed by atoms with Crippen molar-refractivity contribution in [1.29, 1.82) is 0 Å². The van der Waals surface area contributed by atoms with Crippen LogP contribution in [0.1, 0.15) is 42.5 Å². The van der Waals surface area contributed by atoms with Crippen LogP contribution in [0.4, 0.5) is 4.79 Å². The Morgan fingerprint density at radius 1 is 0.829 bits per heavy atom. The van der Waals surface area contributed by atoms with Gasteiger partial charge >= 0.3 is 12.1 Å². The molecule has 0 aromatic heterocycles. The van der Waals surface area contributed by atoms with E-state index in [1.165, 1.54) is 6.92 Å². The number of aliphatic carboxylic acids is 1. The number of fused-ring (bicyclic) bond motifs is 3. The van der Waals surface area contributed by atoms with Crippen LogP contribution in [-0.2, 0) is 14.3 Å². The van der Waals surface area contributed by atoms with Crippen molar-refractivity contribution in [1.82, 2.24) is 10.6 Å². The van der Waals surface area contributed by atoms with Crippen molar-refractivity contribution >= 4 is 18.0 Å². The summed E-state index contributed by atoms with van der Waals surface area (Å²) in [6.07, 6.45) is -0.647. The van der Waals surface area contributed by atoms with Gasteiger partial charge in [-0.3, -0.25) is 9.59 Å². The summed E-state index contributed by atoms with van der Waals surface area (Å²) >= 11 is 0. The van der Waals surface area contributed by atoms with Gasteiger partial charge in [-0.25, -0.2) is 4.79 Å². The lowest BCUT2D eigenvalue weighted by Crippen LogP contribution is -2.45. The van der Waals surface area contributed by atoms with Crippen molar-refractivity contribution in [2.24, 2.45) is 5.92 Å². The minimum absolute atomic E-state index is 0.0829. The molecule has 180 valence electrons. The molecule has 3 unspecified atom stereocenters. The molecular weight excluding hydrogens is 444 g/mol. The molecule has 4 rings (SSSR count). The first kappa shape index (κ1) is 24.0. The van der Waals surface area contributed by atoms with Gasteiger partial charge in [0.05, 0.1) is 12.0 Å². The second kappa shape index (κ2) is 10.4. The first-order chi connectivity index (χ1) is 16.9. The maximum absolute atomic E-state index is 12.9. The fourth-order valence-corrected chi connectivity index (χ4v) is 4.48. The fourth-order valence-electron chi connectivity index (χ4n) is 4.48. The molecule has 2 amide bonds. The number of carboxylic acid groups (broad SMARTS) is 1. The molecule has 0 spiro atoms. The van der Waals surface area contributed by atoms with Crippen LogP contribution >= 0.6 is 0 Å². The molecule has 0 bridgehead atoms. The van der Waals surface area contributed by atoms with Crippen LogP contribution in [0.25, 0.3) is 11.1 Å². The molecule has 1 aliphatic carbocycles. The lowest BCUT2D eigenvalue weighted by molar-refractivity contribution is -0.142. The lowest BCUT2D eigenvalue weighted by atomic mass is 9.93. The Morgan fingerprint density at radius 3 is 1.94 bits per heavy atom. The third kappa shape index (κ3) is 5.19. The number of carbonyl (C=O) groups is 3. The van der Waals surface area contributed by atoms with Crippen LogP contribution in [0, 0.1) is 5.92 Å². The summed E-state index contributed by atoms with van der Waals surface area (Å²) in [6.45, 7) is 3.19. The molecule has 1 aliphatic rings. The number of amides is 2. The fraction of sp³-hybridized carbons (Fsp3) is 0.250. The summed E-state index contributed by atoms with van der Waals surface area (Å²) in [5.74, 6) is -2.43. The van der Waals surface area contributed by atoms with Gasteiger partial charge in [0.25, 0.3) is 0 Å². The summed E-state index contributed by atoms with van der Waals surface area (Å²) in [7, 11) is 0. The third-order valence-corrected chi connectivity index (χ3v) is 6.42. The Bertz CT molecular complexity index is 1180. The van der Waals surface area contributed by atoms with Gasteiger partial charge in [-0.05, 0) is 34.7 Å². The van der Waals surface area contributed by atoms with Crippen LogP contribution in [-0.4, -0.2) is 35.7 Å². The Kier molecular flexibility index (Phi) is 7.15. The highest BCUT2D eigenvalue weighted by atomic mass is 16.5. The van der Waals surface area contributed by atoms with Gasteiger partial charge in [-0.15, -0.1) is 0 Å². The van der Waals surface area contributed by atoms with E-state index >= 15 is 0 Å². The standard InChI is InChI=1S/C28H28N2O5/c1-17(26(31)29-18(2)27(32)33)25(19-10-4-3-5-11-19)30-28(34)35-16-24-22-14-8-6-12-20(22)21-13-7-9-15-23(21)24/h3-15,17-18,24-25H,16H2,1-2H3,(H,29,31)(H,30,34)(H,32,33). The van der Waals surface area contributed by atoms with Crippen molar-refractivity contribution in [2.45, 2.75) is 31.8 Å². The van der Waals surface area contributed by atoms with Gasteiger partial charge in [0.2, 0.25) is 5.91 Å². The smallest absolute Gasteiger partial charge is 0.407 e. The van der Waals surface area contributed by atoms with Crippen molar-refractivity contribution < 1.29 is 24.2 Å². The number of hydrogen-bond donors (Lipinski definition) is 3. The molecule has 3 aromatic carbocycles. The average Bonchev–Trinajstić information content (AvgIpc) is 3.19. The highest BCUT2D eigenvalue weighted by Gasteiger charge is 2.31. The molecule has 0 aliphatic heterocycles. The van der Waals surface area contributed by atoms with Gasteiger partial charge in [0.15, 0.2) is 0 Å². The zero-order valence-electron chi connectivity index (χ0n) is 19.6. The highest BCUT2D eigenvalue weighted by Crippen LogP contribution is 2.44. The number of carboxylic acids is 1. The molecule has 3 atom stereocenters. The van der Waals surface area contributed by atoms with Crippen LogP contribution in [0.2, 0.25) is 0 Å². The Hall–Kier alpha value is -4.13. The van der Waals surface area contributed by atoms with Crippen molar-refractivity contribution in [2.75, 3.05) is 6.61 Å². The number of ether oxygens (including phenoxy) is 1. The van der Waals surface area contributed by atoms with E-state index in [-0.39, 0.29) is 12.5 Å². The van der Waals surface area contributed by atoms with E-state index < -0.39 is 36.0 Å². The van der Waals surface area contributed by atoms with E-state index in [1.807, 2.05) is 54.6 Å². The minimum atomic E-state index is -1.13. The zero-order valence-corrected chi connectivity index (χ0v) is 19.6. The number of rotatable bonds is 8. The van der Waals surface area contributed by atoms with Crippen LogP contribution in [0.15, 0.2) is 78.9 Å². The molecule has 0 saturated heterocycles. The number of alkyl carbamates (subject to hydrolysis) is 1. The lowest BCUT2D eigenvalue weighted by Gasteiger charge is -2.26. The Balaban J connectivity index is 1.48. The molecular formula is C28H28N2O5.